The number of nitrogens with one attached hydrogen (secondary N) is 1. The van der Waals surface area contributed by atoms with E-state index in [4.69, 9.17) is 4.74 Å². The molecule has 5 nitrogen and oxygen atoms in total. The van der Waals surface area contributed by atoms with Gasteiger partial charge in [-0.25, -0.2) is 0 Å². The Hall–Kier alpha value is -2.47. The second kappa shape index (κ2) is 12.3. The third-order valence-corrected chi connectivity index (χ3v) is 5.93. The van der Waals surface area contributed by atoms with Gasteiger partial charge in [0.2, 0.25) is 11.8 Å². The van der Waals surface area contributed by atoms with Gasteiger partial charge in [0.05, 0.1) is 12.9 Å². The van der Waals surface area contributed by atoms with Crippen molar-refractivity contribution in [1.29, 1.82) is 0 Å². The Bertz CT molecular complexity index is 841. The number of carbonyl (C=O) groups is 2. The Kier molecular flexibility index (Phi) is 9.74. The molecule has 2 rings (SSSR count). The van der Waals surface area contributed by atoms with Crippen molar-refractivity contribution in [3.63, 3.8) is 0 Å². The number of carbonyl (C=O) groups excluding carboxylic acids is 2. The fourth-order valence-electron chi connectivity index (χ4n) is 3.28. The predicted octanol–water partition coefficient (Wildman–Crippen LogP) is 4.18. The summed E-state index contributed by atoms with van der Waals surface area (Å²) < 4.78 is 5.31. The molecular formula is C24H32N2O3S. The van der Waals surface area contributed by atoms with Gasteiger partial charge >= 0.3 is 0 Å². The largest absolute Gasteiger partial charge is 0.497 e. The summed E-state index contributed by atoms with van der Waals surface area (Å²) in [6.45, 7) is 6.81. The molecule has 1 N–H and O–H groups in total. The van der Waals surface area contributed by atoms with Crippen LogP contribution in [0.15, 0.2) is 48.5 Å². The van der Waals surface area contributed by atoms with Gasteiger partial charge in [0, 0.05) is 18.8 Å². The van der Waals surface area contributed by atoms with E-state index in [0.29, 0.717) is 25.3 Å². The molecule has 0 heterocycles. The third kappa shape index (κ3) is 6.80. The summed E-state index contributed by atoms with van der Waals surface area (Å²) in [6, 6.07) is 15.3. The standard InChI is InChI=1S/C24H32N2O3S/c1-5-22(24(28)25-6-2)26(15-19-11-9-13-21(14-19)29-4)23(27)17-30-16-20-12-8-7-10-18(20)3/h7-14,22H,5-6,15-17H2,1-4H3,(H,25,28)/t22-/m1/s1. The molecule has 30 heavy (non-hydrogen) atoms. The first kappa shape index (κ1) is 23.8. The summed E-state index contributed by atoms with van der Waals surface area (Å²) in [4.78, 5) is 27.5. The normalized spacial score (nSPS) is 11.6. The smallest absolute Gasteiger partial charge is 0.242 e. The summed E-state index contributed by atoms with van der Waals surface area (Å²) in [5.74, 6) is 1.69. The van der Waals surface area contributed by atoms with E-state index in [2.05, 4.69) is 24.4 Å². The van der Waals surface area contributed by atoms with Crippen molar-refractivity contribution in [3.8, 4) is 5.75 Å². The van der Waals surface area contributed by atoms with E-state index in [-0.39, 0.29) is 11.8 Å². The van der Waals surface area contributed by atoms with Gasteiger partial charge in [0.15, 0.2) is 0 Å². The quantitative estimate of drug-likeness (QED) is 0.583. The van der Waals surface area contributed by atoms with E-state index in [1.807, 2.05) is 50.2 Å². The lowest BCUT2D eigenvalue weighted by Gasteiger charge is -2.30. The molecule has 0 saturated heterocycles. The first-order valence-corrected chi connectivity index (χ1v) is 11.5. The summed E-state index contributed by atoms with van der Waals surface area (Å²) in [7, 11) is 1.62. The number of likely N-dealkylation sites (N-methyl/N-ethyl adjacent to an activating group) is 1. The zero-order valence-electron chi connectivity index (χ0n) is 18.3. The van der Waals surface area contributed by atoms with E-state index in [1.54, 1.807) is 23.8 Å². The van der Waals surface area contributed by atoms with E-state index in [0.717, 1.165) is 17.1 Å². The van der Waals surface area contributed by atoms with Crippen molar-refractivity contribution in [2.24, 2.45) is 0 Å². The Morgan fingerprint density at radius 2 is 1.90 bits per heavy atom. The molecule has 0 fully saturated rings. The zero-order valence-corrected chi connectivity index (χ0v) is 19.1. The van der Waals surface area contributed by atoms with Crippen molar-refractivity contribution in [2.45, 2.75) is 45.5 Å². The van der Waals surface area contributed by atoms with Gasteiger partial charge in [-0.1, -0.05) is 43.3 Å². The lowest BCUT2D eigenvalue weighted by atomic mass is 10.1. The van der Waals surface area contributed by atoms with Gasteiger partial charge in [-0.15, -0.1) is 11.8 Å². The molecule has 0 unspecified atom stereocenters. The number of benzene rings is 2. The highest BCUT2D eigenvalue weighted by Gasteiger charge is 2.28. The summed E-state index contributed by atoms with van der Waals surface area (Å²) in [6.07, 6.45) is 0.560. The maximum Gasteiger partial charge on any atom is 0.242 e. The fraction of sp³-hybridized carbons (Fsp3) is 0.417. The number of nitrogens with zero attached hydrogens (tertiary/aromatic N) is 1. The highest BCUT2D eigenvalue weighted by Crippen LogP contribution is 2.20. The Morgan fingerprint density at radius 3 is 2.57 bits per heavy atom. The number of hydrogen-bond acceptors (Lipinski definition) is 4. The van der Waals surface area contributed by atoms with Crippen LogP contribution in [0.5, 0.6) is 5.75 Å². The molecule has 0 saturated carbocycles. The van der Waals surface area contributed by atoms with Crippen LogP contribution in [0.1, 0.15) is 37.0 Å². The first-order chi connectivity index (χ1) is 14.5. The number of ether oxygens (including phenoxy) is 1. The molecule has 0 radical (unpaired) electrons. The van der Waals surface area contributed by atoms with Crippen LogP contribution in [0.3, 0.4) is 0 Å². The molecule has 0 bridgehead atoms. The molecule has 6 heteroatoms. The van der Waals surface area contributed by atoms with Crippen molar-refractivity contribution in [3.05, 3.63) is 65.2 Å². The molecule has 0 aliphatic rings. The average Bonchev–Trinajstić information content (AvgIpc) is 2.75. The number of rotatable bonds is 11. The second-order valence-corrected chi connectivity index (χ2v) is 8.10. The number of hydrogen-bond donors (Lipinski definition) is 1. The van der Waals surface area contributed by atoms with E-state index in [9.17, 15) is 9.59 Å². The minimum atomic E-state index is -0.497. The SMILES string of the molecule is CCNC(=O)[C@@H](CC)N(Cc1cccc(OC)c1)C(=O)CSCc1ccccc1C. The van der Waals surface area contributed by atoms with Gasteiger partial charge in [-0.3, -0.25) is 9.59 Å². The molecule has 0 spiro atoms. The number of amides is 2. The molecular weight excluding hydrogens is 396 g/mol. The monoisotopic (exact) mass is 428 g/mol. The van der Waals surface area contributed by atoms with Gasteiger partial charge in [0.25, 0.3) is 0 Å². The maximum absolute atomic E-state index is 13.2. The molecule has 2 aromatic rings. The highest BCUT2D eigenvalue weighted by molar-refractivity contribution is 7.99. The van der Waals surface area contributed by atoms with Gasteiger partial charge in [0.1, 0.15) is 11.8 Å². The molecule has 0 aromatic heterocycles. The number of thioether (sulfide) groups is 1. The average molecular weight is 429 g/mol. The molecule has 2 aromatic carbocycles. The summed E-state index contributed by atoms with van der Waals surface area (Å²) in [5.41, 5.74) is 3.39. The van der Waals surface area contributed by atoms with Crippen LogP contribution < -0.4 is 10.1 Å². The lowest BCUT2D eigenvalue weighted by Crippen LogP contribution is -2.49. The Morgan fingerprint density at radius 1 is 1.13 bits per heavy atom. The van der Waals surface area contributed by atoms with Crippen LogP contribution in [-0.2, 0) is 21.9 Å². The van der Waals surface area contributed by atoms with Gasteiger partial charge in [-0.05, 0) is 49.1 Å². The number of aryl methyl sites for hydroxylation is 1. The van der Waals surface area contributed by atoms with E-state index in [1.165, 1.54) is 11.1 Å². The minimum Gasteiger partial charge on any atom is -0.497 e. The van der Waals surface area contributed by atoms with Crippen molar-refractivity contribution in [2.75, 3.05) is 19.4 Å². The molecule has 1 atom stereocenters. The van der Waals surface area contributed by atoms with Gasteiger partial charge < -0.3 is 15.0 Å². The topological polar surface area (TPSA) is 58.6 Å². The van der Waals surface area contributed by atoms with Crippen LogP contribution in [0.25, 0.3) is 0 Å². The van der Waals surface area contributed by atoms with E-state index < -0.39 is 6.04 Å². The van der Waals surface area contributed by atoms with Crippen LogP contribution in [0.4, 0.5) is 0 Å². The van der Waals surface area contributed by atoms with E-state index >= 15 is 0 Å². The van der Waals surface area contributed by atoms with Crippen LogP contribution in [-0.4, -0.2) is 42.2 Å². The van der Waals surface area contributed by atoms with Crippen LogP contribution in [0.2, 0.25) is 0 Å². The van der Waals surface area contributed by atoms with Crippen molar-refractivity contribution >= 4 is 23.6 Å². The van der Waals surface area contributed by atoms with Crippen molar-refractivity contribution in [1.82, 2.24) is 10.2 Å². The Balaban J connectivity index is 2.14. The molecule has 0 aliphatic carbocycles. The van der Waals surface area contributed by atoms with Crippen LogP contribution >= 0.6 is 11.8 Å². The van der Waals surface area contributed by atoms with Crippen LogP contribution in [0, 0.1) is 6.92 Å². The third-order valence-electron chi connectivity index (χ3n) is 4.97. The Labute approximate surface area is 184 Å². The first-order valence-electron chi connectivity index (χ1n) is 10.3. The molecule has 162 valence electrons. The number of methoxy groups -OCH3 is 1. The maximum atomic E-state index is 13.2. The predicted molar refractivity (Wildman–Crippen MR) is 124 cm³/mol. The molecule has 0 aliphatic heterocycles. The lowest BCUT2D eigenvalue weighted by molar-refractivity contribution is -0.139. The van der Waals surface area contributed by atoms with Gasteiger partial charge in [-0.2, -0.15) is 0 Å². The summed E-state index contributed by atoms with van der Waals surface area (Å²) >= 11 is 1.58. The summed E-state index contributed by atoms with van der Waals surface area (Å²) in [5, 5.41) is 2.87. The zero-order chi connectivity index (χ0) is 21.9. The fourth-order valence-corrected chi connectivity index (χ4v) is 4.27. The highest BCUT2D eigenvalue weighted by atomic mass is 32.2. The molecule has 2 amide bonds. The minimum absolute atomic E-state index is 0.0329. The second-order valence-electron chi connectivity index (χ2n) is 7.11. The van der Waals surface area contributed by atoms with Crippen molar-refractivity contribution < 1.29 is 14.3 Å².